The molecule has 4 rings (SSSR count). The SMILES string of the molecule is CCn1cc(C(=O)NCCc2ccccc2)c(=O)c2cc(S(=O)(=O)N3CCC(C)CC3)ccc21. The van der Waals surface area contributed by atoms with Crippen LogP contribution in [0.2, 0.25) is 0 Å². The Morgan fingerprint density at radius 3 is 2.47 bits per heavy atom. The lowest BCUT2D eigenvalue weighted by Gasteiger charge is -2.29. The van der Waals surface area contributed by atoms with E-state index in [-0.39, 0.29) is 15.8 Å². The maximum absolute atomic E-state index is 13.3. The van der Waals surface area contributed by atoms with Crippen molar-refractivity contribution in [3.8, 4) is 0 Å². The molecule has 0 aliphatic carbocycles. The normalized spacial score (nSPS) is 15.5. The number of carbonyl (C=O) groups is 1. The maximum atomic E-state index is 13.3. The van der Waals surface area contributed by atoms with Gasteiger partial charge in [0.15, 0.2) is 0 Å². The molecule has 0 atom stereocenters. The molecule has 0 radical (unpaired) electrons. The highest BCUT2D eigenvalue weighted by atomic mass is 32.2. The van der Waals surface area contributed by atoms with Crippen LogP contribution in [0.5, 0.6) is 0 Å². The van der Waals surface area contributed by atoms with Crippen LogP contribution in [0.25, 0.3) is 10.9 Å². The van der Waals surface area contributed by atoms with Gasteiger partial charge in [-0.05, 0) is 55.9 Å². The van der Waals surface area contributed by atoms with Crippen molar-refractivity contribution < 1.29 is 13.2 Å². The maximum Gasteiger partial charge on any atom is 0.256 e. The first-order chi connectivity index (χ1) is 16.3. The second kappa shape index (κ2) is 10.1. The van der Waals surface area contributed by atoms with Crippen LogP contribution in [-0.4, -0.2) is 42.8 Å². The number of sulfonamides is 1. The summed E-state index contributed by atoms with van der Waals surface area (Å²) in [4.78, 5) is 26.3. The fraction of sp³-hybridized carbons (Fsp3) is 0.385. The fourth-order valence-electron chi connectivity index (χ4n) is 4.39. The summed E-state index contributed by atoms with van der Waals surface area (Å²) in [6.45, 7) is 5.93. The molecule has 1 aromatic heterocycles. The van der Waals surface area contributed by atoms with Crippen molar-refractivity contribution in [3.63, 3.8) is 0 Å². The molecule has 1 aliphatic heterocycles. The molecular weight excluding hydrogens is 450 g/mol. The average Bonchev–Trinajstić information content (AvgIpc) is 2.85. The molecule has 0 spiro atoms. The zero-order valence-electron chi connectivity index (χ0n) is 19.7. The van der Waals surface area contributed by atoms with E-state index in [9.17, 15) is 18.0 Å². The van der Waals surface area contributed by atoms with Gasteiger partial charge in [0.2, 0.25) is 15.5 Å². The Balaban J connectivity index is 1.64. The zero-order chi connectivity index (χ0) is 24.3. The number of nitrogens with zero attached hydrogens (tertiary/aromatic N) is 2. The second-order valence-corrected chi connectivity index (χ2v) is 10.9. The average molecular weight is 482 g/mol. The Morgan fingerprint density at radius 2 is 1.79 bits per heavy atom. The van der Waals surface area contributed by atoms with Crippen molar-refractivity contribution in [1.29, 1.82) is 0 Å². The standard InChI is InChI=1S/C26H31N3O4S/c1-3-28-18-23(26(31)27-14-11-20-7-5-4-6-8-20)25(30)22-17-21(9-10-24(22)28)34(32,33)29-15-12-19(2)13-16-29/h4-10,17-19H,3,11-16H2,1-2H3,(H,27,31). The molecule has 8 heteroatoms. The van der Waals surface area contributed by atoms with Crippen molar-refractivity contribution >= 4 is 26.8 Å². The molecule has 0 saturated carbocycles. The van der Waals surface area contributed by atoms with Crippen LogP contribution < -0.4 is 10.7 Å². The Hall–Kier alpha value is -2.97. The minimum atomic E-state index is -3.71. The summed E-state index contributed by atoms with van der Waals surface area (Å²) in [5, 5.41) is 3.07. The number of fused-ring (bicyclic) bond motifs is 1. The van der Waals surface area contributed by atoms with E-state index < -0.39 is 21.4 Å². The van der Waals surface area contributed by atoms with E-state index in [2.05, 4.69) is 12.2 Å². The summed E-state index contributed by atoms with van der Waals surface area (Å²) in [7, 11) is -3.71. The minimum absolute atomic E-state index is 0.0174. The molecule has 180 valence electrons. The van der Waals surface area contributed by atoms with Gasteiger partial charge in [-0.3, -0.25) is 9.59 Å². The van der Waals surface area contributed by atoms with Crippen LogP contribution in [0, 0.1) is 5.92 Å². The van der Waals surface area contributed by atoms with Crippen LogP contribution in [0.3, 0.4) is 0 Å². The van der Waals surface area contributed by atoms with Gasteiger partial charge in [0.1, 0.15) is 5.56 Å². The predicted molar refractivity (Wildman–Crippen MR) is 134 cm³/mol. The van der Waals surface area contributed by atoms with Crippen LogP contribution in [-0.2, 0) is 23.0 Å². The molecule has 34 heavy (non-hydrogen) atoms. The third kappa shape index (κ3) is 4.93. The van der Waals surface area contributed by atoms with Gasteiger partial charge in [-0.15, -0.1) is 0 Å². The Kier molecular flexibility index (Phi) is 7.19. The van der Waals surface area contributed by atoms with Gasteiger partial charge in [-0.25, -0.2) is 8.42 Å². The van der Waals surface area contributed by atoms with Crippen molar-refractivity contribution in [3.05, 3.63) is 76.1 Å². The van der Waals surface area contributed by atoms with E-state index in [1.165, 1.54) is 10.4 Å². The minimum Gasteiger partial charge on any atom is -0.352 e. The number of hydrogen-bond donors (Lipinski definition) is 1. The van der Waals surface area contributed by atoms with Gasteiger partial charge >= 0.3 is 0 Å². The molecule has 1 N–H and O–H groups in total. The number of carbonyl (C=O) groups excluding carboxylic acids is 1. The Morgan fingerprint density at radius 1 is 1.09 bits per heavy atom. The third-order valence-corrected chi connectivity index (χ3v) is 8.45. The highest BCUT2D eigenvalue weighted by molar-refractivity contribution is 7.89. The van der Waals surface area contributed by atoms with Crippen LogP contribution in [0.15, 0.2) is 64.4 Å². The van der Waals surface area contributed by atoms with E-state index in [0.29, 0.717) is 44.0 Å². The smallest absolute Gasteiger partial charge is 0.256 e. The van der Waals surface area contributed by atoms with Crippen molar-refractivity contribution in [1.82, 2.24) is 14.2 Å². The molecule has 2 heterocycles. The van der Waals surface area contributed by atoms with E-state index in [1.807, 2.05) is 41.8 Å². The van der Waals surface area contributed by atoms with Gasteiger partial charge in [0, 0.05) is 37.8 Å². The van der Waals surface area contributed by atoms with Crippen molar-refractivity contribution in [2.75, 3.05) is 19.6 Å². The first-order valence-corrected chi connectivity index (χ1v) is 13.2. The summed E-state index contributed by atoms with van der Waals surface area (Å²) in [5.74, 6) is 0.0473. The number of aryl methyl sites for hydroxylation is 1. The quantitative estimate of drug-likeness (QED) is 0.560. The van der Waals surface area contributed by atoms with Gasteiger partial charge in [-0.2, -0.15) is 4.31 Å². The molecule has 0 bridgehead atoms. The highest BCUT2D eigenvalue weighted by Crippen LogP contribution is 2.25. The summed E-state index contributed by atoms with van der Waals surface area (Å²) in [6, 6.07) is 14.4. The fourth-order valence-corrected chi connectivity index (χ4v) is 5.89. The number of amides is 1. The molecule has 1 aliphatic rings. The summed E-state index contributed by atoms with van der Waals surface area (Å²) in [5.41, 5.74) is 1.26. The lowest BCUT2D eigenvalue weighted by molar-refractivity contribution is 0.0952. The molecule has 7 nitrogen and oxygen atoms in total. The number of aromatic nitrogens is 1. The molecule has 0 unspecified atom stereocenters. The van der Waals surface area contributed by atoms with Gasteiger partial charge in [-0.1, -0.05) is 37.3 Å². The summed E-state index contributed by atoms with van der Waals surface area (Å²) >= 11 is 0. The second-order valence-electron chi connectivity index (χ2n) is 8.91. The third-order valence-electron chi connectivity index (χ3n) is 6.56. The zero-order valence-corrected chi connectivity index (χ0v) is 20.5. The number of benzene rings is 2. The van der Waals surface area contributed by atoms with Crippen LogP contribution >= 0.6 is 0 Å². The van der Waals surface area contributed by atoms with Gasteiger partial charge in [0.25, 0.3) is 5.91 Å². The topological polar surface area (TPSA) is 88.5 Å². The predicted octanol–water partition coefficient (Wildman–Crippen LogP) is 3.41. The van der Waals surface area contributed by atoms with Crippen LogP contribution in [0.1, 0.15) is 42.6 Å². The monoisotopic (exact) mass is 481 g/mol. The van der Waals surface area contributed by atoms with Crippen LogP contribution in [0.4, 0.5) is 0 Å². The molecule has 2 aromatic carbocycles. The number of rotatable bonds is 7. The molecular formula is C26H31N3O4S. The summed E-state index contributed by atoms with van der Waals surface area (Å²) in [6.07, 6.45) is 3.85. The van der Waals surface area contributed by atoms with E-state index in [1.54, 1.807) is 18.3 Å². The van der Waals surface area contributed by atoms with Crippen molar-refractivity contribution in [2.45, 2.75) is 44.6 Å². The van der Waals surface area contributed by atoms with Gasteiger partial charge < -0.3 is 9.88 Å². The lowest BCUT2D eigenvalue weighted by Crippen LogP contribution is -2.38. The highest BCUT2D eigenvalue weighted by Gasteiger charge is 2.28. The largest absolute Gasteiger partial charge is 0.352 e. The number of piperidine rings is 1. The molecule has 1 amide bonds. The van der Waals surface area contributed by atoms with E-state index >= 15 is 0 Å². The van der Waals surface area contributed by atoms with Gasteiger partial charge in [0.05, 0.1) is 10.4 Å². The molecule has 3 aromatic rings. The Bertz CT molecular complexity index is 1340. The number of hydrogen-bond acceptors (Lipinski definition) is 4. The Labute approximate surface area is 200 Å². The first-order valence-electron chi connectivity index (χ1n) is 11.8. The van der Waals surface area contributed by atoms with E-state index in [0.717, 1.165) is 18.4 Å². The first kappa shape index (κ1) is 24.2. The number of pyridine rings is 1. The lowest BCUT2D eigenvalue weighted by atomic mass is 10.0. The summed E-state index contributed by atoms with van der Waals surface area (Å²) < 4.78 is 29.8. The van der Waals surface area contributed by atoms with E-state index in [4.69, 9.17) is 0 Å². The van der Waals surface area contributed by atoms with Crippen molar-refractivity contribution in [2.24, 2.45) is 5.92 Å². The number of nitrogens with one attached hydrogen (secondary N) is 1. The molecule has 1 fully saturated rings. The molecule has 1 saturated heterocycles.